The van der Waals surface area contributed by atoms with Crippen LogP contribution in [0.2, 0.25) is 0 Å². The molecule has 1 heterocycles. The zero-order valence-corrected chi connectivity index (χ0v) is 19.4. The molecule has 0 bridgehead atoms. The maximum absolute atomic E-state index is 13.0. The van der Waals surface area contributed by atoms with Gasteiger partial charge in [-0.2, -0.15) is 4.31 Å². The van der Waals surface area contributed by atoms with Crippen LogP contribution in [-0.4, -0.2) is 68.7 Å². The van der Waals surface area contributed by atoms with E-state index in [-0.39, 0.29) is 12.3 Å². The van der Waals surface area contributed by atoms with Crippen molar-refractivity contribution < 1.29 is 13.2 Å². The molecule has 2 aromatic rings. The second kappa shape index (κ2) is 10.9. The number of carbonyl (C=O) groups excluding carboxylic acids is 1. The molecular formula is C24H33N3O3S. The molecule has 0 aromatic heterocycles. The Kier molecular flexibility index (Phi) is 8.23. The van der Waals surface area contributed by atoms with E-state index in [2.05, 4.69) is 4.90 Å². The molecule has 0 atom stereocenters. The zero-order valence-electron chi connectivity index (χ0n) is 18.5. The van der Waals surface area contributed by atoms with Crippen LogP contribution in [0.15, 0.2) is 59.5 Å². The predicted molar refractivity (Wildman–Crippen MR) is 123 cm³/mol. The van der Waals surface area contributed by atoms with Crippen LogP contribution in [0.25, 0.3) is 0 Å². The standard InChI is InChI=1S/C24H33N3O3S/c1-25(2)17-18-26(20-22-9-5-3-6-10-22)24(28)19-21-11-13-23(14-12-21)31(29,30)27-15-7-4-8-16-27/h3,5-6,9-14H,4,7-8,15-20H2,1-2H3. The molecule has 6 nitrogen and oxygen atoms in total. The first-order chi connectivity index (χ1) is 14.9. The van der Waals surface area contributed by atoms with Gasteiger partial charge >= 0.3 is 0 Å². The summed E-state index contributed by atoms with van der Waals surface area (Å²) < 4.78 is 27.2. The molecule has 7 heteroatoms. The van der Waals surface area contributed by atoms with Gasteiger partial charge in [-0.1, -0.05) is 48.9 Å². The summed E-state index contributed by atoms with van der Waals surface area (Å²) in [7, 11) is 0.536. The van der Waals surface area contributed by atoms with Crippen molar-refractivity contribution in [1.82, 2.24) is 14.1 Å². The number of carbonyl (C=O) groups is 1. The van der Waals surface area contributed by atoms with Gasteiger partial charge in [0.05, 0.1) is 11.3 Å². The van der Waals surface area contributed by atoms with Gasteiger partial charge in [-0.25, -0.2) is 8.42 Å². The quantitative estimate of drug-likeness (QED) is 0.598. The van der Waals surface area contributed by atoms with Crippen molar-refractivity contribution in [2.75, 3.05) is 40.3 Å². The lowest BCUT2D eigenvalue weighted by Gasteiger charge is -2.26. The molecule has 0 radical (unpaired) electrons. The summed E-state index contributed by atoms with van der Waals surface area (Å²) in [5, 5.41) is 0. The molecule has 31 heavy (non-hydrogen) atoms. The average molecular weight is 444 g/mol. The first-order valence-corrected chi connectivity index (χ1v) is 12.4. The maximum atomic E-state index is 13.0. The number of piperidine rings is 1. The van der Waals surface area contributed by atoms with Crippen LogP contribution in [0.1, 0.15) is 30.4 Å². The van der Waals surface area contributed by atoms with E-state index < -0.39 is 10.0 Å². The van der Waals surface area contributed by atoms with Crippen LogP contribution >= 0.6 is 0 Å². The Morgan fingerprint density at radius 2 is 1.52 bits per heavy atom. The molecule has 1 amide bonds. The van der Waals surface area contributed by atoms with E-state index >= 15 is 0 Å². The highest BCUT2D eigenvalue weighted by Gasteiger charge is 2.25. The Hall–Kier alpha value is -2.22. The van der Waals surface area contributed by atoms with E-state index in [0.29, 0.717) is 31.1 Å². The molecule has 0 aliphatic carbocycles. The third-order valence-electron chi connectivity index (χ3n) is 5.62. The van der Waals surface area contributed by atoms with Gasteiger partial charge in [0.2, 0.25) is 15.9 Å². The highest BCUT2D eigenvalue weighted by Crippen LogP contribution is 2.21. The summed E-state index contributed by atoms with van der Waals surface area (Å²) >= 11 is 0. The largest absolute Gasteiger partial charge is 0.337 e. The third kappa shape index (κ3) is 6.63. The van der Waals surface area contributed by atoms with E-state index in [1.54, 1.807) is 28.6 Å². The second-order valence-corrected chi connectivity index (χ2v) is 10.3. The van der Waals surface area contributed by atoms with E-state index in [0.717, 1.165) is 36.9 Å². The third-order valence-corrected chi connectivity index (χ3v) is 7.53. The SMILES string of the molecule is CN(C)CCN(Cc1ccccc1)C(=O)Cc1ccc(S(=O)(=O)N2CCCCC2)cc1. The van der Waals surface area contributed by atoms with Crippen LogP contribution in [0.4, 0.5) is 0 Å². The van der Waals surface area contributed by atoms with Gasteiger partial charge in [-0.05, 0) is 50.2 Å². The number of rotatable bonds is 9. The van der Waals surface area contributed by atoms with Crippen molar-refractivity contribution in [3.05, 3.63) is 65.7 Å². The number of hydrogen-bond donors (Lipinski definition) is 0. The molecule has 0 unspecified atom stereocenters. The van der Waals surface area contributed by atoms with Crippen LogP contribution in [0.3, 0.4) is 0 Å². The van der Waals surface area contributed by atoms with E-state index in [1.165, 1.54) is 0 Å². The van der Waals surface area contributed by atoms with Crippen molar-refractivity contribution >= 4 is 15.9 Å². The lowest BCUT2D eigenvalue weighted by molar-refractivity contribution is -0.131. The zero-order chi connectivity index (χ0) is 22.3. The highest BCUT2D eigenvalue weighted by atomic mass is 32.2. The Morgan fingerprint density at radius 1 is 0.871 bits per heavy atom. The van der Waals surface area contributed by atoms with Crippen molar-refractivity contribution in [2.45, 2.75) is 37.1 Å². The first-order valence-electron chi connectivity index (χ1n) is 10.9. The monoisotopic (exact) mass is 443 g/mol. The van der Waals surface area contributed by atoms with Crippen molar-refractivity contribution in [1.29, 1.82) is 0 Å². The minimum absolute atomic E-state index is 0.0392. The van der Waals surface area contributed by atoms with Crippen LogP contribution in [-0.2, 0) is 27.8 Å². The Balaban J connectivity index is 1.68. The Bertz CT molecular complexity index is 938. The summed E-state index contributed by atoms with van der Waals surface area (Å²) in [6.07, 6.45) is 3.16. The maximum Gasteiger partial charge on any atom is 0.243 e. The number of benzene rings is 2. The lowest BCUT2D eigenvalue weighted by Crippen LogP contribution is -2.37. The van der Waals surface area contributed by atoms with Crippen molar-refractivity contribution in [3.8, 4) is 0 Å². The average Bonchev–Trinajstić information content (AvgIpc) is 2.78. The minimum atomic E-state index is -3.45. The van der Waals surface area contributed by atoms with E-state index in [9.17, 15) is 13.2 Å². The second-order valence-electron chi connectivity index (χ2n) is 8.39. The summed E-state index contributed by atoms with van der Waals surface area (Å²) in [6, 6.07) is 16.8. The van der Waals surface area contributed by atoms with Gasteiger partial charge < -0.3 is 9.80 Å². The number of nitrogens with zero attached hydrogens (tertiary/aromatic N) is 3. The summed E-state index contributed by atoms with van der Waals surface area (Å²) in [5.41, 5.74) is 1.92. The Morgan fingerprint density at radius 3 is 2.13 bits per heavy atom. The van der Waals surface area contributed by atoms with Gasteiger partial charge in [0.15, 0.2) is 0 Å². The number of likely N-dealkylation sites (N-methyl/N-ethyl adjacent to an activating group) is 1. The molecular weight excluding hydrogens is 410 g/mol. The van der Waals surface area contributed by atoms with Crippen LogP contribution < -0.4 is 0 Å². The number of amides is 1. The van der Waals surface area contributed by atoms with Gasteiger partial charge in [0.1, 0.15) is 0 Å². The Labute approximate surface area is 186 Å². The first kappa shape index (κ1) is 23.4. The minimum Gasteiger partial charge on any atom is -0.337 e. The van der Waals surface area contributed by atoms with Gasteiger partial charge in [-0.15, -0.1) is 0 Å². The number of sulfonamides is 1. The highest BCUT2D eigenvalue weighted by molar-refractivity contribution is 7.89. The van der Waals surface area contributed by atoms with E-state index in [4.69, 9.17) is 0 Å². The fourth-order valence-electron chi connectivity index (χ4n) is 3.74. The smallest absolute Gasteiger partial charge is 0.243 e. The topological polar surface area (TPSA) is 60.9 Å². The molecule has 3 rings (SSSR count). The fraction of sp³-hybridized carbons (Fsp3) is 0.458. The van der Waals surface area contributed by atoms with Crippen molar-refractivity contribution in [3.63, 3.8) is 0 Å². The molecule has 1 fully saturated rings. The fourth-order valence-corrected chi connectivity index (χ4v) is 5.25. The lowest BCUT2D eigenvalue weighted by atomic mass is 10.1. The molecule has 168 valence electrons. The summed E-state index contributed by atoms with van der Waals surface area (Å²) in [4.78, 5) is 17.3. The number of hydrogen-bond acceptors (Lipinski definition) is 4. The van der Waals surface area contributed by atoms with Crippen molar-refractivity contribution in [2.24, 2.45) is 0 Å². The predicted octanol–water partition coefficient (Wildman–Crippen LogP) is 2.99. The van der Waals surface area contributed by atoms with Crippen LogP contribution in [0.5, 0.6) is 0 Å². The molecule has 0 saturated carbocycles. The summed E-state index contributed by atoms with van der Waals surface area (Å²) in [5.74, 6) is 0.0392. The summed E-state index contributed by atoms with van der Waals surface area (Å²) in [6.45, 7) is 3.16. The van der Waals surface area contributed by atoms with E-state index in [1.807, 2.05) is 49.3 Å². The molecule has 2 aromatic carbocycles. The molecule has 0 N–H and O–H groups in total. The molecule has 1 aliphatic heterocycles. The van der Waals surface area contributed by atoms with Gasteiger partial charge in [0, 0.05) is 32.7 Å². The molecule has 1 aliphatic rings. The van der Waals surface area contributed by atoms with Gasteiger partial charge in [0.25, 0.3) is 0 Å². The van der Waals surface area contributed by atoms with Crippen LogP contribution in [0, 0.1) is 0 Å². The van der Waals surface area contributed by atoms with Gasteiger partial charge in [-0.3, -0.25) is 4.79 Å². The molecule has 0 spiro atoms. The molecule has 1 saturated heterocycles. The normalized spacial score (nSPS) is 15.2.